The van der Waals surface area contributed by atoms with Gasteiger partial charge in [0.1, 0.15) is 6.10 Å². The Labute approximate surface area is 118 Å². The van der Waals surface area contributed by atoms with Crippen molar-refractivity contribution in [3.63, 3.8) is 0 Å². The average molecular weight is 273 g/mol. The zero-order chi connectivity index (χ0) is 14.0. The normalized spacial score (nSPS) is 12.6. The molecule has 0 aliphatic heterocycles. The molecule has 0 fully saturated rings. The highest BCUT2D eigenvalue weighted by molar-refractivity contribution is 7.11. The van der Waals surface area contributed by atoms with Gasteiger partial charge in [-0.05, 0) is 43.5 Å². The molecule has 2 nitrogen and oxygen atoms in total. The van der Waals surface area contributed by atoms with E-state index < -0.39 is 6.10 Å². The number of aryl methyl sites for hydroxylation is 1. The van der Waals surface area contributed by atoms with Gasteiger partial charge >= 0.3 is 0 Å². The van der Waals surface area contributed by atoms with Crippen LogP contribution in [0.1, 0.15) is 39.5 Å². The summed E-state index contributed by atoms with van der Waals surface area (Å²) >= 11 is 1.72. The van der Waals surface area contributed by atoms with Crippen molar-refractivity contribution in [2.75, 3.05) is 5.73 Å². The SMILES string of the molecule is [CH2]c1ccc(C([O])Cc2ccc(CC)s2)c(N)c1C. The molecule has 2 radical (unpaired) electrons. The van der Waals surface area contributed by atoms with Crippen molar-refractivity contribution in [2.45, 2.75) is 32.8 Å². The second-order valence-corrected chi connectivity index (χ2v) is 6.02. The fourth-order valence-corrected chi connectivity index (χ4v) is 3.08. The fourth-order valence-electron chi connectivity index (χ4n) is 2.09. The maximum absolute atomic E-state index is 12.4. The van der Waals surface area contributed by atoms with Crippen LogP contribution in [0.4, 0.5) is 5.69 Å². The summed E-state index contributed by atoms with van der Waals surface area (Å²) < 4.78 is 0. The fraction of sp³-hybridized carbons (Fsp3) is 0.312. The Kier molecular flexibility index (Phi) is 4.27. The van der Waals surface area contributed by atoms with E-state index in [0.717, 1.165) is 22.4 Å². The van der Waals surface area contributed by atoms with Crippen LogP contribution in [0.3, 0.4) is 0 Å². The number of hydrogen-bond acceptors (Lipinski definition) is 2. The first-order valence-electron chi connectivity index (χ1n) is 6.47. The maximum atomic E-state index is 12.4. The number of benzene rings is 1. The largest absolute Gasteiger partial charge is 0.398 e. The molecule has 0 aliphatic rings. The monoisotopic (exact) mass is 273 g/mol. The van der Waals surface area contributed by atoms with Gasteiger partial charge in [0.2, 0.25) is 0 Å². The molecule has 100 valence electrons. The number of anilines is 1. The average Bonchev–Trinajstić information content (AvgIpc) is 2.83. The molecule has 0 amide bonds. The van der Waals surface area contributed by atoms with Crippen LogP contribution in [0.5, 0.6) is 0 Å². The van der Waals surface area contributed by atoms with Crippen molar-refractivity contribution in [1.82, 2.24) is 0 Å². The Morgan fingerprint density at radius 1 is 1.26 bits per heavy atom. The molecule has 2 rings (SSSR count). The Bertz CT molecular complexity index is 574. The Balaban J connectivity index is 2.20. The summed E-state index contributed by atoms with van der Waals surface area (Å²) in [6.07, 6.45) is 0.721. The van der Waals surface area contributed by atoms with Gasteiger partial charge in [-0.2, -0.15) is 0 Å². The molecular formula is C16H19NOS. The molecule has 0 aliphatic carbocycles. The highest BCUT2D eigenvalue weighted by Crippen LogP contribution is 2.30. The van der Waals surface area contributed by atoms with Gasteiger partial charge in [-0.15, -0.1) is 11.3 Å². The van der Waals surface area contributed by atoms with Crippen molar-refractivity contribution >= 4 is 17.0 Å². The molecule has 19 heavy (non-hydrogen) atoms. The molecule has 0 saturated carbocycles. The number of rotatable bonds is 4. The second-order valence-electron chi connectivity index (χ2n) is 4.77. The van der Waals surface area contributed by atoms with Gasteiger partial charge in [0.05, 0.1) is 0 Å². The standard InChI is InChI=1S/C16H19NOS/c1-4-12-6-7-13(19-12)9-15(18)14-8-5-10(2)11(3)16(14)17/h5-8,15H,2,4,9,17H2,1,3H3. The predicted octanol–water partition coefficient (Wildman–Crippen LogP) is 4.10. The summed E-state index contributed by atoms with van der Waals surface area (Å²) in [6.45, 7) is 7.93. The molecule has 1 unspecified atom stereocenters. The molecule has 1 aromatic heterocycles. The van der Waals surface area contributed by atoms with E-state index in [1.807, 2.05) is 25.1 Å². The third-order valence-corrected chi connectivity index (χ3v) is 4.71. The third kappa shape index (κ3) is 2.99. The van der Waals surface area contributed by atoms with Gasteiger partial charge in [0.25, 0.3) is 0 Å². The van der Waals surface area contributed by atoms with Crippen molar-refractivity contribution in [3.05, 3.63) is 57.6 Å². The molecule has 0 bridgehead atoms. The van der Waals surface area contributed by atoms with E-state index in [0.29, 0.717) is 17.7 Å². The summed E-state index contributed by atoms with van der Waals surface area (Å²) in [6, 6.07) is 7.84. The van der Waals surface area contributed by atoms with Crippen molar-refractivity contribution in [1.29, 1.82) is 0 Å². The topological polar surface area (TPSA) is 45.9 Å². The third-order valence-electron chi connectivity index (χ3n) is 3.46. The Morgan fingerprint density at radius 3 is 2.58 bits per heavy atom. The molecule has 1 atom stereocenters. The van der Waals surface area contributed by atoms with Gasteiger partial charge < -0.3 is 5.73 Å². The van der Waals surface area contributed by atoms with Gasteiger partial charge in [0, 0.05) is 27.4 Å². The van der Waals surface area contributed by atoms with E-state index in [-0.39, 0.29) is 0 Å². The smallest absolute Gasteiger partial charge is 0.125 e. The van der Waals surface area contributed by atoms with E-state index in [1.165, 1.54) is 4.88 Å². The lowest BCUT2D eigenvalue weighted by Crippen LogP contribution is -2.05. The van der Waals surface area contributed by atoms with E-state index in [2.05, 4.69) is 19.9 Å². The van der Waals surface area contributed by atoms with E-state index in [1.54, 1.807) is 11.3 Å². The minimum Gasteiger partial charge on any atom is -0.398 e. The summed E-state index contributed by atoms with van der Waals surface area (Å²) in [5.74, 6) is 0. The van der Waals surface area contributed by atoms with Crippen molar-refractivity contribution in [2.24, 2.45) is 0 Å². The second kappa shape index (κ2) is 5.76. The van der Waals surface area contributed by atoms with Crippen LogP contribution in [-0.2, 0) is 17.9 Å². The van der Waals surface area contributed by atoms with Crippen LogP contribution in [0.2, 0.25) is 0 Å². The lowest BCUT2D eigenvalue weighted by atomic mass is 9.98. The van der Waals surface area contributed by atoms with Crippen LogP contribution in [0.15, 0.2) is 24.3 Å². The first-order valence-corrected chi connectivity index (χ1v) is 7.29. The Morgan fingerprint density at radius 2 is 1.95 bits per heavy atom. The minimum absolute atomic E-state index is 0.505. The zero-order valence-corrected chi connectivity index (χ0v) is 12.2. The number of thiophene rings is 1. The minimum atomic E-state index is -0.803. The van der Waals surface area contributed by atoms with Crippen LogP contribution in [-0.4, -0.2) is 0 Å². The van der Waals surface area contributed by atoms with Crippen LogP contribution in [0, 0.1) is 13.8 Å². The van der Waals surface area contributed by atoms with Crippen molar-refractivity contribution < 1.29 is 5.11 Å². The first-order chi connectivity index (χ1) is 9.02. The molecular weight excluding hydrogens is 254 g/mol. The van der Waals surface area contributed by atoms with E-state index >= 15 is 0 Å². The quantitative estimate of drug-likeness (QED) is 0.838. The number of hydrogen-bond donors (Lipinski definition) is 1. The Hall–Kier alpha value is -1.32. The van der Waals surface area contributed by atoms with Crippen LogP contribution < -0.4 is 5.73 Å². The van der Waals surface area contributed by atoms with Gasteiger partial charge in [-0.25, -0.2) is 5.11 Å². The van der Waals surface area contributed by atoms with Gasteiger partial charge in [0.15, 0.2) is 0 Å². The molecule has 0 spiro atoms. The van der Waals surface area contributed by atoms with E-state index in [9.17, 15) is 5.11 Å². The van der Waals surface area contributed by atoms with Crippen molar-refractivity contribution in [3.8, 4) is 0 Å². The molecule has 2 aromatic rings. The molecule has 1 aromatic carbocycles. The lowest BCUT2D eigenvalue weighted by Gasteiger charge is -2.14. The summed E-state index contributed by atoms with van der Waals surface area (Å²) in [5, 5.41) is 12.4. The molecule has 2 N–H and O–H groups in total. The van der Waals surface area contributed by atoms with Crippen LogP contribution >= 0.6 is 11.3 Å². The summed E-state index contributed by atoms with van der Waals surface area (Å²) in [7, 11) is 0. The first kappa shape index (κ1) is 14.1. The van der Waals surface area contributed by atoms with Gasteiger partial charge in [-0.3, -0.25) is 0 Å². The maximum Gasteiger partial charge on any atom is 0.125 e. The van der Waals surface area contributed by atoms with Crippen LogP contribution in [0.25, 0.3) is 0 Å². The predicted molar refractivity (Wildman–Crippen MR) is 80.9 cm³/mol. The summed E-state index contributed by atoms with van der Waals surface area (Å²) in [5.41, 5.74) is 9.12. The van der Waals surface area contributed by atoms with Gasteiger partial charge in [-0.1, -0.05) is 19.1 Å². The highest BCUT2D eigenvalue weighted by atomic mass is 32.1. The zero-order valence-electron chi connectivity index (χ0n) is 11.4. The lowest BCUT2D eigenvalue weighted by molar-refractivity contribution is 0.0907. The molecule has 0 saturated heterocycles. The van der Waals surface area contributed by atoms with E-state index in [4.69, 9.17) is 5.73 Å². The molecule has 1 heterocycles. The number of nitrogens with two attached hydrogens (primary N) is 1. The number of nitrogen functional groups attached to an aromatic ring is 1. The highest BCUT2D eigenvalue weighted by Gasteiger charge is 2.16. The summed E-state index contributed by atoms with van der Waals surface area (Å²) in [4.78, 5) is 2.45. The molecule has 3 heteroatoms.